The lowest BCUT2D eigenvalue weighted by Gasteiger charge is -2.15. The molecule has 0 saturated carbocycles. The van der Waals surface area contributed by atoms with Gasteiger partial charge in [0.2, 0.25) is 0 Å². The minimum atomic E-state index is -0.00825. The van der Waals surface area contributed by atoms with Crippen LogP contribution in [-0.2, 0) is 0 Å². The van der Waals surface area contributed by atoms with Crippen molar-refractivity contribution < 1.29 is 4.74 Å². The van der Waals surface area contributed by atoms with Crippen LogP contribution >= 0.6 is 11.6 Å². The zero-order valence-electron chi connectivity index (χ0n) is 13.0. The number of ether oxygens (including phenoxy) is 1. The molecule has 1 unspecified atom stereocenters. The first-order chi connectivity index (χ1) is 9.88. The van der Waals surface area contributed by atoms with Gasteiger partial charge in [-0.3, -0.25) is 0 Å². The first-order valence-electron chi connectivity index (χ1n) is 7.22. The van der Waals surface area contributed by atoms with Crippen molar-refractivity contribution in [1.29, 1.82) is 0 Å². The van der Waals surface area contributed by atoms with E-state index in [0.717, 1.165) is 33.2 Å². The maximum atomic E-state index is 6.29. The van der Waals surface area contributed by atoms with Crippen LogP contribution in [0.5, 0.6) is 11.5 Å². The van der Waals surface area contributed by atoms with Gasteiger partial charge in [-0.05, 0) is 60.7 Å². The molecule has 0 saturated heterocycles. The summed E-state index contributed by atoms with van der Waals surface area (Å²) in [4.78, 5) is 0. The SMILES string of the molecule is Cc1cc(Cl)c(C(C)C)cc1Oc1cccc(C(C)N)c1. The highest BCUT2D eigenvalue weighted by atomic mass is 35.5. The number of rotatable bonds is 4. The predicted octanol–water partition coefficient (Wildman–Crippen LogP) is 5.58. The second-order valence-electron chi connectivity index (χ2n) is 5.76. The minimum Gasteiger partial charge on any atom is -0.457 e. The molecule has 21 heavy (non-hydrogen) atoms. The van der Waals surface area contributed by atoms with Crippen molar-refractivity contribution in [1.82, 2.24) is 0 Å². The summed E-state index contributed by atoms with van der Waals surface area (Å²) in [6.07, 6.45) is 0. The smallest absolute Gasteiger partial charge is 0.130 e. The van der Waals surface area contributed by atoms with Crippen LogP contribution in [0.4, 0.5) is 0 Å². The molecule has 0 heterocycles. The first-order valence-corrected chi connectivity index (χ1v) is 7.59. The van der Waals surface area contributed by atoms with Crippen LogP contribution in [0.2, 0.25) is 5.02 Å². The summed E-state index contributed by atoms with van der Waals surface area (Å²) in [5, 5.41) is 0.791. The van der Waals surface area contributed by atoms with Crippen LogP contribution in [0.3, 0.4) is 0 Å². The molecule has 0 aliphatic heterocycles. The van der Waals surface area contributed by atoms with Crippen molar-refractivity contribution in [2.45, 2.75) is 39.7 Å². The molecule has 2 rings (SSSR count). The number of benzene rings is 2. The van der Waals surface area contributed by atoms with Crippen LogP contribution < -0.4 is 10.5 Å². The van der Waals surface area contributed by atoms with Gasteiger partial charge < -0.3 is 10.5 Å². The number of hydrogen-bond acceptors (Lipinski definition) is 2. The van der Waals surface area contributed by atoms with Gasteiger partial charge in [-0.1, -0.05) is 37.6 Å². The Hall–Kier alpha value is -1.51. The van der Waals surface area contributed by atoms with Crippen molar-refractivity contribution >= 4 is 11.6 Å². The largest absolute Gasteiger partial charge is 0.457 e. The van der Waals surface area contributed by atoms with E-state index in [0.29, 0.717) is 5.92 Å². The summed E-state index contributed by atoms with van der Waals surface area (Å²) in [5.41, 5.74) is 9.10. The predicted molar refractivity (Wildman–Crippen MR) is 89.4 cm³/mol. The molecule has 0 radical (unpaired) electrons. The third-order valence-corrected chi connectivity index (χ3v) is 3.86. The van der Waals surface area contributed by atoms with Gasteiger partial charge in [0.25, 0.3) is 0 Å². The molecule has 0 amide bonds. The quantitative estimate of drug-likeness (QED) is 0.799. The molecular weight excluding hydrogens is 282 g/mol. The van der Waals surface area contributed by atoms with E-state index in [1.54, 1.807) is 0 Å². The molecule has 0 fully saturated rings. The van der Waals surface area contributed by atoms with Gasteiger partial charge in [-0.15, -0.1) is 0 Å². The number of halogens is 1. The summed E-state index contributed by atoms with van der Waals surface area (Å²) >= 11 is 6.29. The van der Waals surface area contributed by atoms with Gasteiger partial charge >= 0.3 is 0 Å². The van der Waals surface area contributed by atoms with E-state index in [9.17, 15) is 0 Å². The van der Waals surface area contributed by atoms with E-state index < -0.39 is 0 Å². The molecule has 2 N–H and O–H groups in total. The van der Waals surface area contributed by atoms with E-state index in [1.807, 2.05) is 50.2 Å². The maximum absolute atomic E-state index is 6.29. The number of aryl methyl sites for hydroxylation is 1. The average molecular weight is 304 g/mol. The van der Waals surface area contributed by atoms with Gasteiger partial charge in [0.15, 0.2) is 0 Å². The van der Waals surface area contributed by atoms with E-state index in [4.69, 9.17) is 22.1 Å². The van der Waals surface area contributed by atoms with E-state index in [2.05, 4.69) is 13.8 Å². The molecular formula is C18H22ClNO. The molecule has 112 valence electrons. The zero-order valence-corrected chi connectivity index (χ0v) is 13.7. The molecule has 0 aliphatic carbocycles. The molecule has 1 atom stereocenters. The molecule has 2 aromatic rings. The van der Waals surface area contributed by atoms with Crippen molar-refractivity contribution in [2.75, 3.05) is 0 Å². The highest BCUT2D eigenvalue weighted by Crippen LogP contribution is 2.34. The third-order valence-electron chi connectivity index (χ3n) is 3.53. The van der Waals surface area contributed by atoms with Crippen LogP contribution in [0.25, 0.3) is 0 Å². The highest BCUT2D eigenvalue weighted by Gasteiger charge is 2.11. The molecule has 2 nitrogen and oxygen atoms in total. The Morgan fingerprint density at radius 1 is 1.10 bits per heavy atom. The standard InChI is InChI=1S/C18H22ClNO/c1-11(2)16-10-18(12(3)8-17(16)19)21-15-7-5-6-14(9-15)13(4)20/h5-11,13H,20H2,1-4H3. The summed E-state index contributed by atoms with van der Waals surface area (Å²) in [6.45, 7) is 8.21. The fourth-order valence-electron chi connectivity index (χ4n) is 2.21. The Kier molecular flexibility index (Phi) is 4.92. The van der Waals surface area contributed by atoms with Crippen LogP contribution in [0.1, 0.15) is 49.4 Å². The van der Waals surface area contributed by atoms with Crippen molar-refractivity contribution in [3.63, 3.8) is 0 Å². The number of nitrogens with two attached hydrogens (primary N) is 1. The van der Waals surface area contributed by atoms with Gasteiger partial charge in [0, 0.05) is 11.1 Å². The van der Waals surface area contributed by atoms with Gasteiger partial charge in [0.1, 0.15) is 11.5 Å². The molecule has 0 spiro atoms. The Bertz CT molecular complexity index is 635. The summed E-state index contributed by atoms with van der Waals surface area (Å²) < 4.78 is 6.03. The van der Waals surface area contributed by atoms with Crippen molar-refractivity contribution in [3.05, 3.63) is 58.1 Å². The lowest BCUT2D eigenvalue weighted by atomic mass is 10.0. The second-order valence-corrected chi connectivity index (χ2v) is 6.16. The zero-order chi connectivity index (χ0) is 15.6. The maximum Gasteiger partial charge on any atom is 0.130 e. The van der Waals surface area contributed by atoms with Crippen LogP contribution in [0, 0.1) is 6.92 Å². The van der Waals surface area contributed by atoms with Crippen molar-refractivity contribution in [2.24, 2.45) is 5.73 Å². The van der Waals surface area contributed by atoms with E-state index in [-0.39, 0.29) is 6.04 Å². The normalized spacial score (nSPS) is 12.5. The van der Waals surface area contributed by atoms with Gasteiger partial charge in [0.05, 0.1) is 0 Å². The molecule has 0 bridgehead atoms. The monoisotopic (exact) mass is 303 g/mol. The van der Waals surface area contributed by atoms with Crippen LogP contribution in [-0.4, -0.2) is 0 Å². The molecule has 2 aromatic carbocycles. The topological polar surface area (TPSA) is 35.2 Å². The molecule has 0 aliphatic rings. The number of hydrogen-bond donors (Lipinski definition) is 1. The minimum absolute atomic E-state index is 0.00825. The Balaban J connectivity index is 2.35. The fourth-order valence-corrected chi connectivity index (χ4v) is 2.65. The lowest BCUT2D eigenvalue weighted by molar-refractivity contribution is 0.476. The van der Waals surface area contributed by atoms with E-state index in [1.165, 1.54) is 0 Å². The Labute approximate surface area is 131 Å². The third kappa shape index (κ3) is 3.78. The molecule has 3 heteroatoms. The lowest BCUT2D eigenvalue weighted by Crippen LogP contribution is -2.04. The molecule has 0 aromatic heterocycles. The van der Waals surface area contributed by atoms with Gasteiger partial charge in [-0.25, -0.2) is 0 Å². The Morgan fingerprint density at radius 3 is 2.43 bits per heavy atom. The van der Waals surface area contributed by atoms with Gasteiger partial charge in [-0.2, -0.15) is 0 Å². The summed E-state index contributed by atoms with van der Waals surface area (Å²) in [6, 6.07) is 11.9. The summed E-state index contributed by atoms with van der Waals surface area (Å²) in [7, 11) is 0. The summed E-state index contributed by atoms with van der Waals surface area (Å²) in [5.74, 6) is 1.99. The van der Waals surface area contributed by atoms with E-state index >= 15 is 0 Å². The first kappa shape index (κ1) is 15.9. The van der Waals surface area contributed by atoms with Crippen molar-refractivity contribution in [3.8, 4) is 11.5 Å². The fraction of sp³-hybridized carbons (Fsp3) is 0.333. The van der Waals surface area contributed by atoms with Crippen LogP contribution in [0.15, 0.2) is 36.4 Å². The average Bonchev–Trinajstić information content (AvgIpc) is 2.41. The highest BCUT2D eigenvalue weighted by molar-refractivity contribution is 6.31. The second kappa shape index (κ2) is 6.50. The Morgan fingerprint density at radius 2 is 1.81 bits per heavy atom.